The van der Waals surface area contributed by atoms with Crippen LogP contribution >= 0.6 is 11.6 Å². The van der Waals surface area contributed by atoms with Crippen molar-refractivity contribution in [2.75, 3.05) is 0 Å². The van der Waals surface area contributed by atoms with Crippen LogP contribution in [0.4, 0.5) is 0 Å². The topological polar surface area (TPSA) is 0 Å². The molecule has 0 aliphatic carbocycles. The van der Waals surface area contributed by atoms with Crippen molar-refractivity contribution >= 4 is 11.6 Å². The van der Waals surface area contributed by atoms with E-state index < -0.39 is 0 Å². The molecular formula is C10H13ClPd. The normalized spacial score (nSPS) is 9.67. The fourth-order valence-corrected chi connectivity index (χ4v) is 1.17. The Morgan fingerprint density at radius 3 is 2.00 bits per heavy atom. The fourth-order valence-electron chi connectivity index (χ4n) is 0.992. The molecular weight excluding hydrogens is 262 g/mol. The minimum atomic E-state index is 0. The molecule has 12 heavy (non-hydrogen) atoms. The number of benzene rings is 1. The van der Waals surface area contributed by atoms with E-state index in [1.165, 1.54) is 11.1 Å². The van der Waals surface area contributed by atoms with Crippen molar-refractivity contribution < 1.29 is 20.4 Å². The minimum Gasteiger partial charge on any atom is -0.122 e. The maximum Gasteiger partial charge on any atom is 0.0474 e. The molecule has 0 aromatic heterocycles. The number of rotatable bonds is 2. The molecule has 0 N–H and O–H groups in total. The van der Waals surface area contributed by atoms with Crippen molar-refractivity contribution in [3.63, 3.8) is 0 Å². The van der Waals surface area contributed by atoms with Gasteiger partial charge in [0.05, 0.1) is 0 Å². The third-order valence-corrected chi connectivity index (χ3v) is 2.11. The van der Waals surface area contributed by atoms with Crippen LogP contribution in [0, 0.1) is 0 Å². The summed E-state index contributed by atoms with van der Waals surface area (Å²) in [4.78, 5) is 0. The summed E-state index contributed by atoms with van der Waals surface area (Å²) in [7, 11) is 0. The summed E-state index contributed by atoms with van der Waals surface area (Å²) in [5.41, 5.74) is 2.56. The van der Waals surface area contributed by atoms with Gasteiger partial charge < -0.3 is 0 Å². The smallest absolute Gasteiger partial charge is 0.0474 e. The van der Waals surface area contributed by atoms with Gasteiger partial charge in [0, 0.05) is 26.3 Å². The van der Waals surface area contributed by atoms with Gasteiger partial charge in [0.15, 0.2) is 0 Å². The maximum atomic E-state index is 5.66. The van der Waals surface area contributed by atoms with Crippen molar-refractivity contribution in [3.8, 4) is 0 Å². The molecule has 2 heteroatoms. The zero-order valence-electron chi connectivity index (χ0n) is 7.29. The van der Waals surface area contributed by atoms with Crippen LogP contribution in [0.2, 0.25) is 0 Å². The van der Waals surface area contributed by atoms with Gasteiger partial charge in [0.1, 0.15) is 0 Å². The Morgan fingerprint density at radius 2 is 1.67 bits per heavy atom. The summed E-state index contributed by atoms with van der Waals surface area (Å²) in [6.07, 6.45) is 0. The molecule has 0 aliphatic rings. The molecule has 0 aliphatic heterocycles. The van der Waals surface area contributed by atoms with Gasteiger partial charge in [0.25, 0.3) is 0 Å². The van der Waals surface area contributed by atoms with Crippen molar-refractivity contribution in [3.05, 3.63) is 35.4 Å². The van der Waals surface area contributed by atoms with E-state index >= 15 is 0 Å². The summed E-state index contributed by atoms with van der Waals surface area (Å²) in [5, 5.41) is 0. The Balaban J connectivity index is 0.00000121. The molecule has 0 spiro atoms. The van der Waals surface area contributed by atoms with Crippen molar-refractivity contribution in [1.29, 1.82) is 0 Å². The molecule has 1 aromatic carbocycles. The molecule has 1 aromatic rings. The first kappa shape index (κ1) is 12.2. The standard InChI is InChI=1S/C10H13Cl.Pd/c1-8(2)10-5-3-9(7-11)4-6-10;/h3-6,8H,7H2,1-2H3;. The molecule has 0 heterocycles. The second kappa shape index (κ2) is 5.76. The maximum absolute atomic E-state index is 5.66. The van der Waals surface area contributed by atoms with E-state index in [2.05, 4.69) is 38.1 Å². The molecule has 0 radical (unpaired) electrons. The third kappa shape index (κ3) is 3.27. The van der Waals surface area contributed by atoms with E-state index in [0.717, 1.165) is 0 Å². The zero-order chi connectivity index (χ0) is 8.27. The Bertz CT molecular complexity index is 216. The number of halogens is 1. The summed E-state index contributed by atoms with van der Waals surface area (Å²) < 4.78 is 0. The van der Waals surface area contributed by atoms with Gasteiger partial charge >= 0.3 is 0 Å². The Labute approximate surface area is 93.0 Å². The van der Waals surface area contributed by atoms with Gasteiger partial charge in [-0.25, -0.2) is 0 Å². The van der Waals surface area contributed by atoms with Crippen molar-refractivity contribution in [2.24, 2.45) is 0 Å². The van der Waals surface area contributed by atoms with E-state index in [0.29, 0.717) is 11.8 Å². The molecule has 1 rings (SSSR count). The second-order valence-electron chi connectivity index (χ2n) is 3.03. The van der Waals surface area contributed by atoms with Gasteiger partial charge in [-0.15, -0.1) is 11.6 Å². The summed E-state index contributed by atoms with van der Waals surface area (Å²) in [6.45, 7) is 4.38. The molecule has 0 nitrogen and oxygen atoms in total. The SMILES string of the molecule is CC(C)c1ccc(CCl)cc1.[Pd]. The number of hydrogen-bond donors (Lipinski definition) is 0. The van der Waals surface area contributed by atoms with E-state index in [-0.39, 0.29) is 20.4 Å². The predicted molar refractivity (Wildman–Crippen MR) is 50.1 cm³/mol. The average Bonchev–Trinajstić information content (AvgIpc) is 2.05. The summed E-state index contributed by atoms with van der Waals surface area (Å²) in [6, 6.07) is 8.45. The van der Waals surface area contributed by atoms with Crippen LogP contribution in [0.1, 0.15) is 30.9 Å². The van der Waals surface area contributed by atoms with Gasteiger partial charge in [-0.1, -0.05) is 38.1 Å². The molecule has 0 bridgehead atoms. The molecule has 0 atom stereocenters. The number of alkyl halides is 1. The molecule has 0 amide bonds. The van der Waals surface area contributed by atoms with E-state index in [1.807, 2.05) is 0 Å². The third-order valence-electron chi connectivity index (χ3n) is 1.80. The van der Waals surface area contributed by atoms with Crippen LogP contribution in [-0.4, -0.2) is 0 Å². The van der Waals surface area contributed by atoms with Gasteiger partial charge in [-0.05, 0) is 17.0 Å². The Morgan fingerprint density at radius 1 is 1.17 bits per heavy atom. The van der Waals surface area contributed by atoms with Gasteiger partial charge in [-0.2, -0.15) is 0 Å². The fraction of sp³-hybridized carbons (Fsp3) is 0.400. The first-order valence-corrected chi connectivity index (χ1v) is 4.42. The predicted octanol–water partition coefficient (Wildman–Crippen LogP) is 3.55. The molecule has 70 valence electrons. The van der Waals surface area contributed by atoms with E-state index in [1.54, 1.807) is 0 Å². The number of hydrogen-bond acceptors (Lipinski definition) is 0. The molecule has 0 saturated heterocycles. The van der Waals surface area contributed by atoms with Crippen molar-refractivity contribution in [2.45, 2.75) is 25.6 Å². The van der Waals surface area contributed by atoms with Crippen LogP contribution in [0.15, 0.2) is 24.3 Å². The zero-order valence-corrected chi connectivity index (χ0v) is 9.60. The minimum absolute atomic E-state index is 0. The Hall–Kier alpha value is 0.172. The second-order valence-corrected chi connectivity index (χ2v) is 3.30. The van der Waals surface area contributed by atoms with E-state index in [9.17, 15) is 0 Å². The van der Waals surface area contributed by atoms with Crippen LogP contribution in [0.5, 0.6) is 0 Å². The quantitative estimate of drug-likeness (QED) is 0.572. The molecule has 0 fully saturated rings. The van der Waals surface area contributed by atoms with Gasteiger partial charge in [-0.3, -0.25) is 0 Å². The largest absolute Gasteiger partial charge is 0.122 e. The summed E-state index contributed by atoms with van der Waals surface area (Å²) in [5.74, 6) is 1.22. The van der Waals surface area contributed by atoms with Crippen LogP contribution in [-0.2, 0) is 26.3 Å². The van der Waals surface area contributed by atoms with Crippen LogP contribution < -0.4 is 0 Å². The monoisotopic (exact) mass is 274 g/mol. The summed E-state index contributed by atoms with van der Waals surface area (Å²) >= 11 is 5.66. The first-order valence-electron chi connectivity index (χ1n) is 3.89. The van der Waals surface area contributed by atoms with Gasteiger partial charge in [0.2, 0.25) is 0 Å². The Kier molecular flexibility index (Phi) is 5.84. The molecule has 0 saturated carbocycles. The average molecular weight is 275 g/mol. The first-order chi connectivity index (χ1) is 5.24. The van der Waals surface area contributed by atoms with E-state index in [4.69, 9.17) is 11.6 Å². The van der Waals surface area contributed by atoms with Crippen molar-refractivity contribution in [1.82, 2.24) is 0 Å². The van der Waals surface area contributed by atoms with Crippen LogP contribution in [0.3, 0.4) is 0 Å². The van der Waals surface area contributed by atoms with Crippen LogP contribution in [0.25, 0.3) is 0 Å². The molecule has 0 unspecified atom stereocenters.